The molecule has 108 valence electrons. The molecule has 1 aromatic carbocycles. The Bertz CT molecular complexity index is 659. The number of rotatable bonds is 1. The van der Waals surface area contributed by atoms with Crippen LogP contribution in [0.5, 0.6) is 0 Å². The Labute approximate surface area is 126 Å². The largest absolute Gasteiger partial charge is 0.371 e. The normalized spacial score (nSPS) is 28.1. The van der Waals surface area contributed by atoms with Gasteiger partial charge in [-0.05, 0) is 19.1 Å². The van der Waals surface area contributed by atoms with Crippen LogP contribution in [0.4, 0.5) is 0 Å². The van der Waals surface area contributed by atoms with Crippen LogP contribution in [-0.4, -0.2) is 49.8 Å². The SMILES string of the molecule is CC1CN(C2=NS(=O)(=O)c3ccccc32)CC(CBr)O1. The minimum Gasteiger partial charge on any atom is -0.371 e. The number of alkyl halides is 1. The molecule has 1 aromatic rings. The van der Waals surface area contributed by atoms with Crippen LogP contribution in [0.2, 0.25) is 0 Å². The van der Waals surface area contributed by atoms with Gasteiger partial charge in [0.05, 0.1) is 12.2 Å². The molecular formula is C13H15BrN2O3S. The monoisotopic (exact) mass is 358 g/mol. The van der Waals surface area contributed by atoms with Gasteiger partial charge in [-0.25, -0.2) is 0 Å². The number of amidine groups is 1. The van der Waals surface area contributed by atoms with Crippen LogP contribution >= 0.6 is 15.9 Å². The van der Waals surface area contributed by atoms with Crippen molar-refractivity contribution in [3.8, 4) is 0 Å². The molecule has 0 amide bonds. The van der Waals surface area contributed by atoms with Crippen LogP contribution in [0, 0.1) is 0 Å². The van der Waals surface area contributed by atoms with Crippen molar-refractivity contribution in [1.29, 1.82) is 0 Å². The Morgan fingerprint density at radius 1 is 1.40 bits per heavy atom. The van der Waals surface area contributed by atoms with Crippen LogP contribution < -0.4 is 0 Å². The second-order valence-corrected chi connectivity index (χ2v) is 7.23. The van der Waals surface area contributed by atoms with Crippen LogP contribution in [0.1, 0.15) is 12.5 Å². The number of hydrogen-bond acceptors (Lipinski definition) is 4. The van der Waals surface area contributed by atoms with Gasteiger partial charge in [0.1, 0.15) is 4.90 Å². The highest BCUT2D eigenvalue weighted by Gasteiger charge is 2.35. The molecule has 20 heavy (non-hydrogen) atoms. The van der Waals surface area contributed by atoms with Crippen molar-refractivity contribution < 1.29 is 13.2 Å². The van der Waals surface area contributed by atoms with Gasteiger partial charge in [-0.15, -0.1) is 4.40 Å². The molecule has 0 spiro atoms. The molecule has 2 aliphatic rings. The molecule has 2 aliphatic heterocycles. The maximum atomic E-state index is 12.1. The molecule has 0 aliphatic carbocycles. The summed E-state index contributed by atoms with van der Waals surface area (Å²) in [4.78, 5) is 2.30. The van der Waals surface area contributed by atoms with Gasteiger partial charge >= 0.3 is 0 Å². The van der Waals surface area contributed by atoms with Gasteiger partial charge < -0.3 is 9.64 Å². The average molecular weight is 359 g/mol. The van der Waals surface area contributed by atoms with Crippen molar-refractivity contribution in [3.63, 3.8) is 0 Å². The Hall–Kier alpha value is -0.920. The predicted molar refractivity (Wildman–Crippen MR) is 79.9 cm³/mol. The standard InChI is InChI=1S/C13H15BrN2O3S/c1-9-7-16(8-10(6-14)19-9)13-11-4-2-3-5-12(11)20(17,18)15-13/h2-5,9-10H,6-8H2,1H3. The lowest BCUT2D eigenvalue weighted by Crippen LogP contribution is -2.49. The van der Waals surface area contributed by atoms with Gasteiger partial charge in [0.25, 0.3) is 10.0 Å². The van der Waals surface area contributed by atoms with E-state index < -0.39 is 10.0 Å². The first-order chi connectivity index (χ1) is 9.51. The maximum Gasteiger partial charge on any atom is 0.285 e. The number of hydrogen-bond donors (Lipinski definition) is 0. The Morgan fingerprint density at radius 2 is 2.15 bits per heavy atom. The summed E-state index contributed by atoms with van der Waals surface area (Å²) in [5.41, 5.74) is 0.690. The van der Waals surface area contributed by atoms with Crippen molar-refractivity contribution in [2.75, 3.05) is 18.4 Å². The van der Waals surface area contributed by atoms with Crippen LogP contribution in [0.25, 0.3) is 0 Å². The lowest BCUT2D eigenvalue weighted by Gasteiger charge is -2.37. The smallest absolute Gasteiger partial charge is 0.285 e. The lowest BCUT2D eigenvalue weighted by atomic mass is 10.1. The Kier molecular flexibility index (Phi) is 3.60. The third-order valence-electron chi connectivity index (χ3n) is 3.41. The van der Waals surface area contributed by atoms with Crippen molar-refractivity contribution in [2.45, 2.75) is 24.0 Å². The summed E-state index contributed by atoms with van der Waals surface area (Å²) in [6.07, 6.45) is 0.0846. The van der Waals surface area contributed by atoms with E-state index in [0.29, 0.717) is 29.4 Å². The molecule has 0 radical (unpaired) electrons. The van der Waals surface area contributed by atoms with E-state index in [4.69, 9.17) is 4.74 Å². The van der Waals surface area contributed by atoms with E-state index in [1.54, 1.807) is 12.1 Å². The Balaban J connectivity index is 1.99. The first-order valence-electron chi connectivity index (χ1n) is 6.42. The first kappa shape index (κ1) is 14.0. The van der Waals surface area contributed by atoms with E-state index in [9.17, 15) is 8.42 Å². The van der Waals surface area contributed by atoms with Crippen LogP contribution in [0.15, 0.2) is 33.6 Å². The van der Waals surface area contributed by atoms with Gasteiger partial charge in [0.2, 0.25) is 0 Å². The molecule has 2 atom stereocenters. The third kappa shape index (κ3) is 2.38. The Morgan fingerprint density at radius 3 is 2.90 bits per heavy atom. The highest BCUT2D eigenvalue weighted by molar-refractivity contribution is 9.09. The summed E-state index contributed by atoms with van der Waals surface area (Å²) >= 11 is 3.42. The molecule has 0 N–H and O–H groups in total. The number of sulfonamides is 1. The molecule has 1 fully saturated rings. The van der Waals surface area contributed by atoms with E-state index in [-0.39, 0.29) is 12.2 Å². The molecule has 7 heteroatoms. The number of halogens is 1. The fraction of sp³-hybridized carbons (Fsp3) is 0.462. The summed E-state index contributed by atoms with van der Waals surface area (Å²) in [6, 6.07) is 6.97. The summed E-state index contributed by atoms with van der Waals surface area (Å²) < 4.78 is 33.9. The van der Waals surface area contributed by atoms with Crippen molar-refractivity contribution in [1.82, 2.24) is 4.90 Å². The quantitative estimate of drug-likeness (QED) is 0.715. The zero-order chi connectivity index (χ0) is 14.3. The van der Waals surface area contributed by atoms with E-state index in [0.717, 1.165) is 5.33 Å². The second-order valence-electron chi connectivity index (χ2n) is 5.01. The summed E-state index contributed by atoms with van der Waals surface area (Å²) in [5, 5.41) is 0.718. The molecule has 5 nitrogen and oxygen atoms in total. The molecule has 1 saturated heterocycles. The molecule has 2 heterocycles. The zero-order valence-corrected chi connectivity index (χ0v) is 13.4. The maximum absolute atomic E-state index is 12.1. The minimum atomic E-state index is -3.55. The number of ether oxygens (including phenoxy) is 1. The summed E-state index contributed by atoms with van der Waals surface area (Å²) in [6.45, 7) is 3.27. The van der Waals surface area contributed by atoms with Gasteiger partial charge in [-0.2, -0.15) is 8.42 Å². The van der Waals surface area contributed by atoms with Crippen molar-refractivity contribution in [3.05, 3.63) is 29.8 Å². The van der Waals surface area contributed by atoms with Crippen molar-refractivity contribution in [2.24, 2.45) is 4.40 Å². The second kappa shape index (κ2) is 5.13. The van der Waals surface area contributed by atoms with E-state index in [1.165, 1.54) is 0 Å². The van der Waals surface area contributed by atoms with Gasteiger partial charge in [0, 0.05) is 24.0 Å². The van der Waals surface area contributed by atoms with E-state index in [1.807, 2.05) is 24.0 Å². The fourth-order valence-electron chi connectivity index (χ4n) is 2.62. The molecule has 0 saturated carbocycles. The van der Waals surface area contributed by atoms with Gasteiger partial charge in [0.15, 0.2) is 5.84 Å². The molecule has 2 unspecified atom stereocenters. The number of nitrogens with zero attached hydrogens (tertiary/aromatic N) is 2. The lowest BCUT2D eigenvalue weighted by molar-refractivity contribution is -0.0448. The number of fused-ring (bicyclic) bond motifs is 1. The highest BCUT2D eigenvalue weighted by Crippen LogP contribution is 2.28. The molecule has 3 rings (SSSR count). The van der Waals surface area contributed by atoms with E-state index in [2.05, 4.69) is 20.3 Å². The van der Waals surface area contributed by atoms with Crippen molar-refractivity contribution >= 4 is 31.8 Å². The van der Waals surface area contributed by atoms with Crippen LogP contribution in [0.3, 0.4) is 0 Å². The topological polar surface area (TPSA) is 59.0 Å². The average Bonchev–Trinajstić information content (AvgIpc) is 2.71. The summed E-state index contributed by atoms with van der Waals surface area (Å²) in [7, 11) is -3.55. The van der Waals surface area contributed by atoms with Crippen LogP contribution in [-0.2, 0) is 14.8 Å². The number of morpholine rings is 1. The minimum absolute atomic E-state index is 0.0388. The highest BCUT2D eigenvalue weighted by atomic mass is 79.9. The molecule has 0 bridgehead atoms. The van der Waals surface area contributed by atoms with Gasteiger partial charge in [-0.3, -0.25) is 0 Å². The summed E-state index contributed by atoms with van der Waals surface area (Å²) in [5.74, 6) is 0.543. The van der Waals surface area contributed by atoms with Gasteiger partial charge in [-0.1, -0.05) is 28.1 Å². The number of benzene rings is 1. The van der Waals surface area contributed by atoms with E-state index >= 15 is 0 Å². The predicted octanol–water partition coefficient (Wildman–Crippen LogP) is 1.62. The zero-order valence-electron chi connectivity index (χ0n) is 11.0. The fourth-order valence-corrected chi connectivity index (χ4v) is 4.20. The first-order valence-corrected chi connectivity index (χ1v) is 8.98. The third-order valence-corrected chi connectivity index (χ3v) is 5.46. The molecular weight excluding hydrogens is 344 g/mol. The molecule has 0 aromatic heterocycles.